The summed E-state index contributed by atoms with van der Waals surface area (Å²) >= 11 is 0. The summed E-state index contributed by atoms with van der Waals surface area (Å²) in [5, 5.41) is 2.76. The summed E-state index contributed by atoms with van der Waals surface area (Å²) in [5.41, 5.74) is 2.62. The van der Waals surface area contributed by atoms with E-state index in [4.69, 9.17) is 9.47 Å². The molecule has 0 spiro atoms. The van der Waals surface area contributed by atoms with E-state index in [0.717, 1.165) is 0 Å². The Bertz CT molecular complexity index is 896. The molecule has 1 heterocycles. The lowest BCUT2D eigenvalue weighted by atomic mass is 10.1. The highest BCUT2D eigenvalue weighted by molar-refractivity contribution is 6.08. The van der Waals surface area contributed by atoms with Crippen molar-refractivity contribution in [3.05, 3.63) is 46.3 Å². The Morgan fingerprint density at radius 2 is 1.81 bits per heavy atom. The van der Waals surface area contributed by atoms with Gasteiger partial charge >= 0.3 is 5.97 Å². The van der Waals surface area contributed by atoms with Crippen molar-refractivity contribution in [3.8, 4) is 5.75 Å². The number of ketones is 1. The fourth-order valence-corrected chi connectivity index (χ4v) is 2.92. The number of amides is 1. The maximum absolute atomic E-state index is 12.8. The Morgan fingerprint density at radius 3 is 2.33 bits per heavy atom. The lowest BCUT2D eigenvalue weighted by Crippen LogP contribution is -2.17. The first-order chi connectivity index (χ1) is 12.6. The van der Waals surface area contributed by atoms with Crippen molar-refractivity contribution in [2.24, 2.45) is 0 Å². The second-order valence-electron chi connectivity index (χ2n) is 6.50. The third-order valence-electron chi connectivity index (χ3n) is 4.03. The van der Waals surface area contributed by atoms with Crippen LogP contribution in [0, 0.1) is 13.8 Å². The zero-order valence-electron chi connectivity index (χ0n) is 16.4. The first-order valence-electron chi connectivity index (χ1n) is 8.56. The number of aromatic nitrogens is 1. The molecular weight excluding hydrogens is 348 g/mol. The van der Waals surface area contributed by atoms with Gasteiger partial charge in [-0.25, -0.2) is 4.79 Å². The van der Waals surface area contributed by atoms with Crippen molar-refractivity contribution in [3.63, 3.8) is 0 Å². The highest BCUT2D eigenvalue weighted by Crippen LogP contribution is 2.28. The number of anilines is 1. The van der Waals surface area contributed by atoms with E-state index < -0.39 is 11.9 Å². The minimum absolute atomic E-state index is 0.114. The molecule has 2 aromatic rings. The van der Waals surface area contributed by atoms with Crippen LogP contribution >= 0.6 is 0 Å². The number of aryl methyl sites for hydroxylation is 1. The number of aromatic amines is 1. The Kier molecular flexibility index (Phi) is 6.05. The van der Waals surface area contributed by atoms with Gasteiger partial charge in [0.2, 0.25) is 0 Å². The number of esters is 1. The fourth-order valence-electron chi connectivity index (χ4n) is 2.92. The number of carbonyl (C=O) groups excluding carboxylic acids is 3. The van der Waals surface area contributed by atoms with E-state index in [2.05, 4.69) is 10.3 Å². The van der Waals surface area contributed by atoms with E-state index in [1.165, 1.54) is 20.1 Å². The molecule has 7 nitrogen and oxygen atoms in total. The molecule has 0 saturated carbocycles. The fraction of sp³-hybridized carbons (Fsp3) is 0.350. The smallest absolute Gasteiger partial charge is 0.337 e. The molecule has 0 unspecified atom stereocenters. The van der Waals surface area contributed by atoms with E-state index >= 15 is 0 Å². The molecule has 27 heavy (non-hydrogen) atoms. The molecule has 1 aromatic carbocycles. The molecule has 0 saturated heterocycles. The number of hydrogen-bond acceptors (Lipinski definition) is 5. The van der Waals surface area contributed by atoms with Crippen molar-refractivity contribution in [2.75, 3.05) is 12.4 Å². The molecule has 0 bridgehead atoms. The summed E-state index contributed by atoms with van der Waals surface area (Å²) in [6.45, 7) is 8.63. The van der Waals surface area contributed by atoms with Gasteiger partial charge in [-0.05, 0) is 58.4 Å². The zero-order valence-corrected chi connectivity index (χ0v) is 16.4. The molecule has 0 radical (unpaired) electrons. The summed E-state index contributed by atoms with van der Waals surface area (Å²) in [5.74, 6) is -0.637. The summed E-state index contributed by atoms with van der Waals surface area (Å²) in [6.07, 6.45) is -0.122. The lowest BCUT2D eigenvalue weighted by molar-refractivity contribution is 0.0600. The molecule has 2 N–H and O–H groups in total. The molecule has 2 rings (SSSR count). The van der Waals surface area contributed by atoms with Gasteiger partial charge in [0.15, 0.2) is 5.78 Å². The van der Waals surface area contributed by atoms with Crippen LogP contribution in [0.3, 0.4) is 0 Å². The number of benzene rings is 1. The molecule has 144 valence electrons. The van der Waals surface area contributed by atoms with E-state index in [1.54, 1.807) is 26.0 Å². The predicted molar refractivity (Wildman–Crippen MR) is 102 cm³/mol. The van der Waals surface area contributed by atoms with Gasteiger partial charge in [-0.1, -0.05) is 0 Å². The molecular formula is C20H24N2O5. The van der Waals surface area contributed by atoms with E-state index in [9.17, 15) is 14.4 Å². The number of rotatable bonds is 6. The first kappa shape index (κ1) is 20.2. The number of methoxy groups -OCH3 is 1. The van der Waals surface area contributed by atoms with Crippen molar-refractivity contribution in [2.45, 2.75) is 40.7 Å². The monoisotopic (exact) mass is 372 g/mol. The Hall–Kier alpha value is -3.09. The van der Waals surface area contributed by atoms with Crippen molar-refractivity contribution < 1.29 is 23.9 Å². The van der Waals surface area contributed by atoms with Gasteiger partial charge < -0.3 is 19.8 Å². The number of ether oxygens (including phenoxy) is 2. The molecule has 0 aliphatic rings. The average Bonchev–Trinajstić information content (AvgIpc) is 2.89. The number of H-pyrrole nitrogens is 1. The van der Waals surface area contributed by atoms with E-state index in [1.807, 2.05) is 13.8 Å². The minimum atomic E-state index is -0.521. The van der Waals surface area contributed by atoms with Crippen molar-refractivity contribution in [1.29, 1.82) is 0 Å². The summed E-state index contributed by atoms with van der Waals surface area (Å²) in [6, 6.07) is 4.67. The molecule has 0 aliphatic heterocycles. The summed E-state index contributed by atoms with van der Waals surface area (Å²) in [4.78, 5) is 39.3. The first-order valence-corrected chi connectivity index (χ1v) is 8.56. The number of nitrogens with one attached hydrogen (secondary N) is 2. The molecule has 1 amide bonds. The van der Waals surface area contributed by atoms with Crippen LogP contribution in [-0.4, -0.2) is 35.9 Å². The van der Waals surface area contributed by atoms with Gasteiger partial charge in [0.25, 0.3) is 5.91 Å². The van der Waals surface area contributed by atoms with Crippen LogP contribution in [0.1, 0.15) is 63.2 Å². The largest absolute Gasteiger partial charge is 0.489 e. The predicted octanol–water partition coefficient (Wildman–Crippen LogP) is 3.66. The average molecular weight is 372 g/mol. The van der Waals surface area contributed by atoms with Gasteiger partial charge in [0, 0.05) is 11.3 Å². The zero-order chi connectivity index (χ0) is 20.3. The normalized spacial score (nSPS) is 10.6. The van der Waals surface area contributed by atoms with Crippen LogP contribution in [0.2, 0.25) is 0 Å². The maximum atomic E-state index is 12.8. The van der Waals surface area contributed by atoms with Gasteiger partial charge in [-0.3, -0.25) is 9.59 Å². The molecule has 0 fully saturated rings. The second-order valence-corrected chi connectivity index (χ2v) is 6.50. The quantitative estimate of drug-likeness (QED) is 0.596. The SMILES string of the molecule is COC(=O)c1ccc(OC(C)C)c(NC(=O)c2[nH]c(C)c(C(C)=O)c2C)c1. The van der Waals surface area contributed by atoms with E-state index in [0.29, 0.717) is 28.3 Å². The molecule has 7 heteroatoms. The van der Waals surface area contributed by atoms with Crippen LogP contribution in [0.4, 0.5) is 5.69 Å². The maximum Gasteiger partial charge on any atom is 0.337 e. The summed E-state index contributed by atoms with van der Waals surface area (Å²) in [7, 11) is 1.29. The highest BCUT2D eigenvalue weighted by Gasteiger charge is 2.21. The lowest BCUT2D eigenvalue weighted by Gasteiger charge is -2.16. The third-order valence-corrected chi connectivity index (χ3v) is 4.03. The van der Waals surface area contributed by atoms with Gasteiger partial charge in [0.05, 0.1) is 24.5 Å². The van der Waals surface area contributed by atoms with Crippen molar-refractivity contribution in [1.82, 2.24) is 4.98 Å². The Labute approximate surface area is 158 Å². The molecule has 0 atom stereocenters. The van der Waals surface area contributed by atoms with Crippen LogP contribution in [0.5, 0.6) is 5.75 Å². The number of carbonyl (C=O) groups is 3. The number of hydrogen-bond donors (Lipinski definition) is 2. The topological polar surface area (TPSA) is 97.5 Å². The van der Waals surface area contributed by atoms with Gasteiger partial charge in [-0.2, -0.15) is 0 Å². The van der Waals surface area contributed by atoms with Crippen LogP contribution in [-0.2, 0) is 4.74 Å². The highest BCUT2D eigenvalue weighted by atomic mass is 16.5. The van der Waals surface area contributed by atoms with Gasteiger partial charge in [0.1, 0.15) is 11.4 Å². The van der Waals surface area contributed by atoms with E-state index in [-0.39, 0.29) is 23.1 Å². The van der Waals surface area contributed by atoms with Crippen LogP contribution in [0.15, 0.2) is 18.2 Å². The number of Topliss-reactive ketones (excluding diaryl/α,β-unsaturated/α-hetero) is 1. The molecule has 0 aliphatic carbocycles. The minimum Gasteiger partial charge on any atom is -0.489 e. The molecule has 1 aromatic heterocycles. The second kappa shape index (κ2) is 8.07. The van der Waals surface area contributed by atoms with Crippen LogP contribution < -0.4 is 10.1 Å². The standard InChI is InChI=1S/C20H24N2O5/c1-10(2)27-16-8-7-14(20(25)26-6)9-15(16)22-19(24)18-11(3)17(13(5)23)12(4)21-18/h7-10,21H,1-6H3,(H,22,24). The van der Waals surface area contributed by atoms with Crippen LogP contribution in [0.25, 0.3) is 0 Å². The third kappa shape index (κ3) is 4.36. The van der Waals surface area contributed by atoms with Gasteiger partial charge in [-0.15, -0.1) is 0 Å². The Balaban J connectivity index is 2.42. The summed E-state index contributed by atoms with van der Waals surface area (Å²) < 4.78 is 10.4. The van der Waals surface area contributed by atoms with Crippen molar-refractivity contribution >= 4 is 23.3 Å². The Morgan fingerprint density at radius 1 is 1.15 bits per heavy atom.